The first-order valence-corrected chi connectivity index (χ1v) is 14.7. The van der Waals surface area contributed by atoms with Crippen LogP contribution in [0.1, 0.15) is 53.9 Å². The van der Waals surface area contributed by atoms with E-state index in [1.807, 2.05) is 16.9 Å². The summed E-state index contributed by atoms with van der Waals surface area (Å²) in [4.78, 5) is 31.4. The number of methoxy groups -OCH3 is 1. The Labute approximate surface area is 249 Å². The van der Waals surface area contributed by atoms with Gasteiger partial charge in [-0.3, -0.25) is 19.8 Å². The maximum Gasteiger partial charge on any atom is 0.280 e. The number of nitrogens with zero attached hydrogens (tertiary/aromatic N) is 6. The molecule has 1 N–H and O–H groups in total. The fraction of sp³-hybridized carbons (Fsp3) is 0.290. The highest BCUT2D eigenvalue weighted by Gasteiger charge is 2.24. The van der Waals surface area contributed by atoms with Crippen LogP contribution in [0, 0.1) is 23.7 Å². The van der Waals surface area contributed by atoms with Crippen LogP contribution >= 0.6 is 11.3 Å². The Morgan fingerprint density at radius 2 is 1.98 bits per heavy atom. The first-order chi connectivity index (χ1) is 20.9. The lowest BCUT2D eigenvalue weighted by Gasteiger charge is -2.15. The van der Waals surface area contributed by atoms with Crippen LogP contribution in [-0.4, -0.2) is 42.7 Å². The molecule has 2 fully saturated rings. The number of rotatable bonds is 8. The Bertz CT molecular complexity index is 1920. The van der Waals surface area contributed by atoms with Crippen LogP contribution < -0.4 is 10.1 Å². The van der Waals surface area contributed by atoms with E-state index in [4.69, 9.17) is 9.84 Å². The molecule has 2 aliphatic carbocycles. The van der Waals surface area contributed by atoms with E-state index >= 15 is 0 Å². The Morgan fingerprint density at radius 1 is 1.12 bits per heavy atom. The van der Waals surface area contributed by atoms with E-state index in [1.54, 1.807) is 24.4 Å². The number of hydrogen-bond acceptors (Lipinski definition) is 8. The van der Waals surface area contributed by atoms with Crippen LogP contribution in [-0.2, 0) is 6.54 Å². The number of amides is 1. The van der Waals surface area contributed by atoms with E-state index in [-0.39, 0.29) is 11.3 Å². The van der Waals surface area contributed by atoms with Gasteiger partial charge >= 0.3 is 0 Å². The number of benzene rings is 1. The molecule has 5 aromatic rings. The summed E-state index contributed by atoms with van der Waals surface area (Å²) in [5.41, 5.74) is 2.90. The molecule has 1 amide bonds. The highest BCUT2D eigenvalue weighted by molar-refractivity contribution is 7.21. The fourth-order valence-corrected chi connectivity index (χ4v) is 5.45. The molecule has 4 heterocycles. The third-order valence-electron chi connectivity index (χ3n) is 7.29. The lowest BCUT2D eigenvalue weighted by atomic mass is 9.95. The van der Waals surface area contributed by atoms with E-state index in [0.29, 0.717) is 50.0 Å². The molecule has 0 bridgehead atoms. The lowest BCUT2D eigenvalue weighted by molar-refractivity contribution is 0.102. The first-order valence-electron chi connectivity index (χ1n) is 13.9. The lowest BCUT2D eigenvalue weighted by Crippen LogP contribution is -2.13. The quantitative estimate of drug-likeness (QED) is 0.207. The van der Waals surface area contributed by atoms with Crippen LogP contribution in [0.5, 0.6) is 5.75 Å². The molecule has 2 aliphatic rings. The van der Waals surface area contributed by atoms with Gasteiger partial charge in [0.2, 0.25) is 0 Å². The number of halogens is 2. The number of hydrogen-bond donors (Lipinski definition) is 1. The van der Waals surface area contributed by atoms with E-state index < -0.39 is 18.0 Å². The normalized spacial score (nSPS) is 14.5. The van der Waals surface area contributed by atoms with Crippen LogP contribution in [0.25, 0.3) is 32.9 Å². The van der Waals surface area contributed by atoms with Crippen molar-refractivity contribution in [1.82, 2.24) is 29.7 Å². The Morgan fingerprint density at radius 3 is 2.74 bits per heavy atom. The average Bonchev–Trinajstić information content (AvgIpc) is 3.93. The maximum atomic E-state index is 13.7. The number of alkyl halides is 2. The largest absolute Gasteiger partial charge is 0.494 e. The maximum absolute atomic E-state index is 13.7. The second-order valence-corrected chi connectivity index (χ2v) is 11.6. The number of thiazole rings is 1. The van der Waals surface area contributed by atoms with Crippen molar-refractivity contribution in [3.05, 3.63) is 65.9 Å². The zero-order valence-electron chi connectivity index (χ0n) is 23.1. The molecule has 7 rings (SSSR count). The molecule has 0 saturated heterocycles. The number of fused-ring (bicyclic) bond motifs is 1. The number of carbonyl (C=O) groups excluding carboxylic acids is 1. The van der Waals surface area contributed by atoms with Gasteiger partial charge in [0.05, 0.1) is 25.2 Å². The second kappa shape index (κ2) is 11.1. The molecule has 4 aromatic heterocycles. The van der Waals surface area contributed by atoms with Crippen LogP contribution in [0.3, 0.4) is 0 Å². The molecule has 1 aromatic carbocycles. The topological polar surface area (TPSA) is 108 Å². The van der Waals surface area contributed by atoms with Gasteiger partial charge in [-0.2, -0.15) is 10.1 Å². The van der Waals surface area contributed by atoms with Crippen LogP contribution in [0.2, 0.25) is 0 Å². The van der Waals surface area contributed by atoms with Gasteiger partial charge in [-0.25, -0.2) is 18.7 Å². The third kappa shape index (κ3) is 5.94. The smallest absolute Gasteiger partial charge is 0.280 e. The van der Waals surface area contributed by atoms with Gasteiger partial charge in [-0.05, 0) is 67.4 Å². The van der Waals surface area contributed by atoms with Crippen LogP contribution in [0.15, 0.2) is 48.9 Å². The second-order valence-electron chi connectivity index (χ2n) is 10.6. The average molecular weight is 598 g/mol. The fourth-order valence-electron chi connectivity index (χ4n) is 4.66. The molecule has 12 heteroatoms. The number of anilines is 1. The molecule has 0 radical (unpaired) electrons. The van der Waals surface area contributed by atoms with Gasteiger partial charge in [0.25, 0.3) is 12.3 Å². The van der Waals surface area contributed by atoms with Gasteiger partial charge in [0, 0.05) is 35.3 Å². The molecule has 43 heavy (non-hydrogen) atoms. The SMILES string of the molecule is COc1cnc(C(F)F)cc1-c1cc(-c2ccn(CC3CC3)n2)ccc1C(=O)Nc1nc2ncc(C#CC3CC3)nc2s1. The van der Waals surface area contributed by atoms with Gasteiger partial charge in [-0.1, -0.05) is 23.3 Å². The minimum atomic E-state index is -2.80. The van der Waals surface area contributed by atoms with Crippen molar-refractivity contribution in [3.8, 4) is 40.0 Å². The van der Waals surface area contributed by atoms with Crippen molar-refractivity contribution in [2.75, 3.05) is 12.4 Å². The summed E-state index contributed by atoms with van der Waals surface area (Å²) in [6.07, 6.45) is 6.56. The summed E-state index contributed by atoms with van der Waals surface area (Å²) >= 11 is 1.18. The van der Waals surface area contributed by atoms with Gasteiger partial charge < -0.3 is 4.74 Å². The zero-order valence-corrected chi connectivity index (χ0v) is 23.9. The van der Waals surface area contributed by atoms with Crippen molar-refractivity contribution < 1.29 is 18.3 Å². The van der Waals surface area contributed by atoms with Crippen LogP contribution in [0.4, 0.5) is 13.9 Å². The van der Waals surface area contributed by atoms with Gasteiger partial charge in [0.15, 0.2) is 15.6 Å². The van der Waals surface area contributed by atoms with Crippen molar-refractivity contribution in [2.24, 2.45) is 11.8 Å². The number of ether oxygens (including phenoxy) is 1. The molecular formula is C31H25F2N7O2S. The molecule has 0 unspecified atom stereocenters. The predicted octanol–water partition coefficient (Wildman–Crippen LogP) is 6.38. The summed E-state index contributed by atoms with van der Waals surface area (Å²) in [6, 6.07) is 8.35. The molecular weight excluding hydrogens is 572 g/mol. The standard InChI is InChI=1S/C31H25F2N7O2S/c1-42-26-15-34-25(27(32)33)13-23(26)22-12-19(24-10-11-40(39-24)16-18-4-5-18)7-9-21(22)29(41)38-31-37-28-30(43-31)36-20(14-35-28)8-6-17-2-3-17/h7,9-15,17-18,27H,2-5,16H2,1H3,(H,35,37,38,41). The molecule has 0 aliphatic heterocycles. The summed E-state index contributed by atoms with van der Waals surface area (Å²) in [6.45, 7) is 0.851. The number of aromatic nitrogens is 6. The summed E-state index contributed by atoms with van der Waals surface area (Å²) in [7, 11) is 1.43. The van der Waals surface area contributed by atoms with Crippen molar-refractivity contribution in [2.45, 2.75) is 38.7 Å². The van der Waals surface area contributed by atoms with E-state index in [9.17, 15) is 13.6 Å². The molecule has 0 spiro atoms. The van der Waals surface area contributed by atoms with Gasteiger partial charge in [0.1, 0.15) is 17.1 Å². The summed E-state index contributed by atoms with van der Waals surface area (Å²) in [5.74, 6) is 7.07. The number of carbonyl (C=O) groups is 1. The number of pyridine rings is 1. The van der Waals surface area contributed by atoms with E-state index in [2.05, 4.69) is 37.1 Å². The Kier molecular flexibility index (Phi) is 7.02. The van der Waals surface area contributed by atoms with Crippen molar-refractivity contribution >= 4 is 32.9 Å². The van der Waals surface area contributed by atoms with Crippen molar-refractivity contribution in [1.29, 1.82) is 0 Å². The van der Waals surface area contributed by atoms with Crippen molar-refractivity contribution in [3.63, 3.8) is 0 Å². The van der Waals surface area contributed by atoms with E-state index in [1.165, 1.54) is 43.6 Å². The first kappa shape index (κ1) is 27.1. The Balaban J connectivity index is 1.25. The highest BCUT2D eigenvalue weighted by Crippen LogP contribution is 2.38. The Hall–Kier alpha value is -4.76. The monoisotopic (exact) mass is 597 g/mol. The zero-order chi connectivity index (χ0) is 29.5. The molecule has 2 saturated carbocycles. The highest BCUT2D eigenvalue weighted by atomic mass is 32.1. The summed E-state index contributed by atoms with van der Waals surface area (Å²) < 4.78 is 34.8. The summed E-state index contributed by atoms with van der Waals surface area (Å²) in [5, 5.41) is 7.84. The number of nitrogens with one attached hydrogen (secondary N) is 1. The third-order valence-corrected chi connectivity index (χ3v) is 8.14. The molecule has 9 nitrogen and oxygen atoms in total. The molecule has 0 atom stereocenters. The van der Waals surface area contributed by atoms with Gasteiger partial charge in [-0.15, -0.1) is 0 Å². The minimum Gasteiger partial charge on any atom is -0.494 e. The minimum absolute atomic E-state index is 0.238. The molecule has 216 valence electrons. The predicted molar refractivity (Wildman–Crippen MR) is 158 cm³/mol. The van der Waals surface area contributed by atoms with E-state index in [0.717, 1.165) is 24.9 Å².